The number of anilines is 1. The Morgan fingerprint density at radius 3 is 2.65 bits per heavy atom. The zero-order chi connectivity index (χ0) is 24.2. The van der Waals surface area contributed by atoms with Gasteiger partial charge in [0.2, 0.25) is 17.6 Å². The quantitative estimate of drug-likeness (QED) is 0.360. The molecular weight excluding hydrogens is 476 g/mol. The maximum absolute atomic E-state index is 13.2. The molecule has 34 heavy (non-hydrogen) atoms. The van der Waals surface area contributed by atoms with Crippen LogP contribution >= 0.6 is 23.4 Å². The molecule has 0 atom stereocenters. The molecular formula is C23H23ClN6O3S. The summed E-state index contributed by atoms with van der Waals surface area (Å²) in [6, 6.07) is 14.0. The molecule has 4 aromatic rings. The van der Waals surface area contributed by atoms with Crippen LogP contribution in [-0.2, 0) is 16.1 Å². The van der Waals surface area contributed by atoms with Gasteiger partial charge in [-0.3, -0.25) is 23.4 Å². The van der Waals surface area contributed by atoms with Crippen LogP contribution in [0.25, 0.3) is 16.7 Å². The molecule has 2 aromatic carbocycles. The summed E-state index contributed by atoms with van der Waals surface area (Å²) in [5.41, 5.74) is 0.986. The molecule has 2 aromatic heterocycles. The van der Waals surface area contributed by atoms with Gasteiger partial charge in [0.05, 0.1) is 16.7 Å². The number of aromatic nitrogens is 4. The number of carbonyl (C=O) groups excluding carboxylic acids is 2. The number of carbonyl (C=O) groups is 2. The van der Waals surface area contributed by atoms with E-state index in [-0.39, 0.29) is 42.1 Å². The number of benzene rings is 2. The van der Waals surface area contributed by atoms with Crippen LogP contribution in [0.15, 0.2) is 58.5 Å². The Bertz CT molecular complexity index is 1430. The maximum atomic E-state index is 13.2. The summed E-state index contributed by atoms with van der Waals surface area (Å²) in [4.78, 5) is 37.8. The number of para-hydroxylation sites is 1. The summed E-state index contributed by atoms with van der Waals surface area (Å²) in [7, 11) is 0. The van der Waals surface area contributed by atoms with Crippen LogP contribution in [0.5, 0.6) is 0 Å². The van der Waals surface area contributed by atoms with Gasteiger partial charge in [-0.15, -0.1) is 10.2 Å². The number of nitrogens with one attached hydrogen (secondary N) is 2. The van der Waals surface area contributed by atoms with E-state index < -0.39 is 0 Å². The minimum Gasteiger partial charge on any atom is -0.354 e. The number of hydrogen-bond acceptors (Lipinski definition) is 6. The highest BCUT2D eigenvalue weighted by Gasteiger charge is 2.18. The lowest BCUT2D eigenvalue weighted by Gasteiger charge is -2.12. The van der Waals surface area contributed by atoms with Gasteiger partial charge in [-0.05, 0) is 44.2 Å². The van der Waals surface area contributed by atoms with Crippen molar-refractivity contribution in [3.05, 3.63) is 63.9 Å². The molecule has 2 N–H and O–H groups in total. The predicted molar refractivity (Wildman–Crippen MR) is 133 cm³/mol. The molecule has 2 amide bonds. The Kier molecular flexibility index (Phi) is 7.18. The van der Waals surface area contributed by atoms with E-state index in [0.29, 0.717) is 32.5 Å². The Morgan fingerprint density at radius 1 is 1.09 bits per heavy atom. The second-order valence-corrected chi connectivity index (χ2v) is 9.29. The van der Waals surface area contributed by atoms with E-state index in [2.05, 4.69) is 20.8 Å². The van der Waals surface area contributed by atoms with Crippen LogP contribution in [0.1, 0.15) is 20.3 Å². The van der Waals surface area contributed by atoms with Gasteiger partial charge in [-0.2, -0.15) is 0 Å². The lowest BCUT2D eigenvalue weighted by Crippen LogP contribution is -2.32. The van der Waals surface area contributed by atoms with Gasteiger partial charge in [0.25, 0.3) is 5.56 Å². The number of aryl methyl sites for hydroxylation is 1. The maximum Gasteiger partial charge on any atom is 0.262 e. The van der Waals surface area contributed by atoms with Crippen molar-refractivity contribution < 1.29 is 9.59 Å². The van der Waals surface area contributed by atoms with Crippen molar-refractivity contribution in [3.63, 3.8) is 0 Å². The molecule has 9 nitrogen and oxygen atoms in total. The van der Waals surface area contributed by atoms with Crippen molar-refractivity contribution in [2.45, 2.75) is 38.0 Å². The third-order valence-electron chi connectivity index (χ3n) is 4.93. The van der Waals surface area contributed by atoms with E-state index in [0.717, 1.165) is 0 Å². The molecule has 0 saturated heterocycles. The van der Waals surface area contributed by atoms with E-state index in [1.54, 1.807) is 46.9 Å². The second-order valence-electron chi connectivity index (χ2n) is 7.91. The summed E-state index contributed by atoms with van der Waals surface area (Å²) in [6.07, 6.45) is 0.128. The molecule has 0 bridgehead atoms. The standard InChI is InChI=1S/C23H23ClN6O3S/c1-14(2)25-19(31)10-11-29-21(33)17-8-3-4-9-18(17)30-22(29)27-28-23(30)34-13-20(32)26-16-7-5-6-15(24)12-16/h3-9,12,14H,10-11,13H2,1-2H3,(H,25,31)(H,26,32). The summed E-state index contributed by atoms with van der Waals surface area (Å²) < 4.78 is 3.19. The highest BCUT2D eigenvalue weighted by Crippen LogP contribution is 2.22. The average Bonchev–Trinajstić information content (AvgIpc) is 3.21. The molecule has 0 fully saturated rings. The first-order chi connectivity index (χ1) is 16.3. The molecule has 0 aliphatic rings. The van der Waals surface area contributed by atoms with Crippen LogP contribution in [0.4, 0.5) is 5.69 Å². The zero-order valence-electron chi connectivity index (χ0n) is 18.6. The number of halogens is 1. The lowest BCUT2D eigenvalue weighted by atomic mass is 10.2. The monoisotopic (exact) mass is 498 g/mol. The highest BCUT2D eigenvalue weighted by atomic mass is 35.5. The first-order valence-corrected chi connectivity index (χ1v) is 12.0. The van der Waals surface area contributed by atoms with Crippen LogP contribution in [0.2, 0.25) is 5.02 Å². The molecule has 0 aliphatic carbocycles. The topological polar surface area (TPSA) is 110 Å². The molecule has 0 saturated carbocycles. The van der Waals surface area contributed by atoms with Crippen LogP contribution in [0.3, 0.4) is 0 Å². The molecule has 0 unspecified atom stereocenters. The van der Waals surface area contributed by atoms with Crippen molar-refractivity contribution >= 4 is 57.5 Å². The minimum atomic E-state index is -0.247. The van der Waals surface area contributed by atoms with Gasteiger partial charge in [0, 0.05) is 29.7 Å². The number of amides is 2. The molecule has 2 heterocycles. The number of hydrogen-bond donors (Lipinski definition) is 2. The van der Waals surface area contributed by atoms with Gasteiger partial charge in [-0.1, -0.05) is 41.6 Å². The van der Waals surface area contributed by atoms with Crippen LogP contribution in [0, 0.1) is 0 Å². The third-order valence-corrected chi connectivity index (χ3v) is 6.10. The number of nitrogens with zero attached hydrogens (tertiary/aromatic N) is 4. The molecule has 11 heteroatoms. The van der Waals surface area contributed by atoms with Crippen LogP contribution in [-0.4, -0.2) is 42.8 Å². The van der Waals surface area contributed by atoms with Crippen molar-refractivity contribution in [3.8, 4) is 0 Å². The van der Waals surface area contributed by atoms with Gasteiger partial charge in [0.1, 0.15) is 0 Å². The fourth-order valence-electron chi connectivity index (χ4n) is 3.53. The SMILES string of the molecule is CC(C)NC(=O)CCn1c(=O)c2ccccc2n2c(SCC(=O)Nc3cccc(Cl)c3)nnc12. The fraction of sp³-hybridized carbons (Fsp3) is 0.261. The van der Waals surface area contributed by atoms with Gasteiger partial charge in [0.15, 0.2) is 5.16 Å². The van der Waals surface area contributed by atoms with Crippen molar-refractivity contribution in [2.75, 3.05) is 11.1 Å². The first-order valence-electron chi connectivity index (χ1n) is 10.7. The highest BCUT2D eigenvalue weighted by molar-refractivity contribution is 7.99. The van der Waals surface area contributed by atoms with Crippen molar-refractivity contribution in [2.24, 2.45) is 0 Å². The minimum absolute atomic E-state index is 0.00926. The van der Waals surface area contributed by atoms with Gasteiger partial charge >= 0.3 is 0 Å². The molecule has 176 valence electrons. The number of thioether (sulfide) groups is 1. The first kappa shape index (κ1) is 23.8. The Labute approximate surface area is 204 Å². The van der Waals surface area contributed by atoms with E-state index >= 15 is 0 Å². The predicted octanol–water partition coefficient (Wildman–Crippen LogP) is 3.34. The summed E-state index contributed by atoms with van der Waals surface area (Å²) in [5.74, 6) is 0.0168. The lowest BCUT2D eigenvalue weighted by molar-refractivity contribution is -0.121. The second kappa shape index (κ2) is 10.3. The average molecular weight is 499 g/mol. The summed E-state index contributed by atoms with van der Waals surface area (Å²) >= 11 is 7.17. The number of rotatable bonds is 8. The fourth-order valence-corrected chi connectivity index (χ4v) is 4.46. The van der Waals surface area contributed by atoms with Gasteiger partial charge < -0.3 is 10.6 Å². The summed E-state index contributed by atoms with van der Waals surface area (Å²) in [6.45, 7) is 3.91. The normalized spacial score (nSPS) is 11.3. The van der Waals surface area contributed by atoms with Gasteiger partial charge in [-0.25, -0.2) is 0 Å². The smallest absolute Gasteiger partial charge is 0.262 e. The van der Waals surface area contributed by atoms with Crippen molar-refractivity contribution in [1.82, 2.24) is 24.5 Å². The van der Waals surface area contributed by atoms with Crippen molar-refractivity contribution in [1.29, 1.82) is 0 Å². The Balaban J connectivity index is 1.62. The molecule has 0 spiro atoms. The molecule has 0 radical (unpaired) electrons. The largest absolute Gasteiger partial charge is 0.354 e. The van der Waals surface area contributed by atoms with E-state index in [1.807, 2.05) is 19.9 Å². The van der Waals surface area contributed by atoms with E-state index in [1.165, 1.54) is 16.3 Å². The Morgan fingerprint density at radius 2 is 1.88 bits per heavy atom. The third kappa shape index (κ3) is 5.23. The van der Waals surface area contributed by atoms with E-state index in [9.17, 15) is 14.4 Å². The molecule has 0 aliphatic heterocycles. The van der Waals surface area contributed by atoms with Crippen LogP contribution < -0.4 is 16.2 Å². The Hall–Kier alpha value is -3.37. The molecule has 4 rings (SSSR count). The van der Waals surface area contributed by atoms with E-state index in [4.69, 9.17) is 11.6 Å². The summed E-state index contributed by atoms with van der Waals surface area (Å²) in [5, 5.41) is 15.5. The number of fused-ring (bicyclic) bond motifs is 3. The zero-order valence-corrected chi connectivity index (χ0v) is 20.2.